The third kappa shape index (κ3) is 4.42. The second-order valence-electron chi connectivity index (χ2n) is 5.79. The van der Waals surface area contributed by atoms with Gasteiger partial charge in [-0.2, -0.15) is 0 Å². The Morgan fingerprint density at radius 1 is 1.16 bits per heavy atom. The lowest BCUT2D eigenvalue weighted by molar-refractivity contribution is -0.385. The number of carbonyl (C=O) groups excluding carboxylic acids is 1. The van der Waals surface area contributed by atoms with Crippen LogP contribution in [0.5, 0.6) is 0 Å². The van der Waals surface area contributed by atoms with E-state index >= 15 is 0 Å². The molecule has 0 aliphatic carbocycles. The largest absolute Gasteiger partial charge is 0.346 e. The van der Waals surface area contributed by atoms with Crippen molar-refractivity contribution >= 4 is 21.4 Å². The van der Waals surface area contributed by atoms with Gasteiger partial charge < -0.3 is 5.32 Å². The summed E-state index contributed by atoms with van der Waals surface area (Å²) in [6, 6.07) is 10.1. The highest BCUT2D eigenvalue weighted by Gasteiger charge is 2.17. The predicted molar refractivity (Wildman–Crippen MR) is 93.3 cm³/mol. The number of hydrogen-bond donors (Lipinski definition) is 1. The van der Waals surface area contributed by atoms with E-state index in [1.165, 1.54) is 30.3 Å². The Labute approximate surface area is 145 Å². The monoisotopic (exact) mass is 362 g/mol. The summed E-state index contributed by atoms with van der Waals surface area (Å²) in [7, 11) is -3.28. The van der Waals surface area contributed by atoms with Gasteiger partial charge in [0.2, 0.25) is 0 Å². The van der Waals surface area contributed by atoms with E-state index in [0.29, 0.717) is 5.56 Å². The molecule has 0 unspecified atom stereocenters. The van der Waals surface area contributed by atoms with Gasteiger partial charge in [0.1, 0.15) is 0 Å². The van der Waals surface area contributed by atoms with Crippen LogP contribution in [0.2, 0.25) is 0 Å². The maximum Gasteiger partial charge on any atom is 0.273 e. The van der Waals surface area contributed by atoms with E-state index in [1.54, 1.807) is 26.0 Å². The van der Waals surface area contributed by atoms with Gasteiger partial charge in [-0.25, -0.2) is 8.42 Å². The van der Waals surface area contributed by atoms with Crippen molar-refractivity contribution < 1.29 is 18.1 Å². The van der Waals surface area contributed by atoms with E-state index in [9.17, 15) is 23.3 Å². The van der Waals surface area contributed by atoms with Gasteiger partial charge in [-0.05, 0) is 37.6 Å². The fourth-order valence-corrected chi connectivity index (χ4v) is 2.94. The molecule has 132 valence electrons. The number of nitrogens with one attached hydrogen (secondary N) is 1. The summed E-state index contributed by atoms with van der Waals surface area (Å²) < 4.78 is 22.9. The van der Waals surface area contributed by atoms with Gasteiger partial charge in [0.15, 0.2) is 9.84 Å². The fourth-order valence-electron chi connectivity index (χ4n) is 2.31. The predicted octanol–water partition coefficient (Wildman–Crippen LogP) is 2.80. The van der Waals surface area contributed by atoms with Crippen molar-refractivity contribution in [2.45, 2.75) is 24.8 Å². The van der Waals surface area contributed by atoms with Crippen molar-refractivity contribution in [3.05, 3.63) is 69.3 Å². The molecule has 0 radical (unpaired) electrons. The summed E-state index contributed by atoms with van der Waals surface area (Å²) in [6.45, 7) is 3.35. The Morgan fingerprint density at radius 3 is 2.28 bits per heavy atom. The van der Waals surface area contributed by atoms with Gasteiger partial charge in [-0.15, -0.1) is 0 Å². The van der Waals surface area contributed by atoms with E-state index in [-0.39, 0.29) is 22.2 Å². The average Bonchev–Trinajstić information content (AvgIpc) is 2.54. The average molecular weight is 362 g/mol. The molecule has 0 spiro atoms. The number of nitro groups is 1. The molecule has 0 saturated heterocycles. The molecule has 0 fully saturated rings. The molecule has 0 aliphatic heterocycles. The normalized spacial score (nSPS) is 12.4. The Bertz CT molecular complexity index is 921. The first kappa shape index (κ1) is 18.6. The molecular formula is C17H18N2O5S. The zero-order chi connectivity index (χ0) is 18.8. The Hall–Kier alpha value is -2.74. The second kappa shape index (κ2) is 7.02. The second-order valence-corrected chi connectivity index (χ2v) is 7.81. The number of amides is 1. The first-order valence-electron chi connectivity index (χ1n) is 7.45. The lowest BCUT2D eigenvalue weighted by atomic mass is 10.1. The summed E-state index contributed by atoms with van der Waals surface area (Å²) in [5.74, 6) is -0.442. The molecule has 2 aromatic rings. The highest BCUT2D eigenvalue weighted by Crippen LogP contribution is 2.21. The van der Waals surface area contributed by atoms with E-state index in [1.807, 2.05) is 0 Å². The van der Waals surface area contributed by atoms with Gasteiger partial charge in [-0.3, -0.25) is 14.9 Å². The van der Waals surface area contributed by atoms with Gasteiger partial charge >= 0.3 is 0 Å². The summed E-state index contributed by atoms with van der Waals surface area (Å²) in [4.78, 5) is 23.0. The maximum absolute atomic E-state index is 12.3. The number of nitro benzene ring substituents is 1. The van der Waals surface area contributed by atoms with Crippen LogP contribution in [0.25, 0.3) is 0 Å². The zero-order valence-electron chi connectivity index (χ0n) is 14.0. The molecule has 25 heavy (non-hydrogen) atoms. The Balaban J connectivity index is 2.17. The summed E-state index contributed by atoms with van der Waals surface area (Å²) in [6.07, 6.45) is 1.12. The van der Waals surface area contributed by atoms with Gasteiger partial charge in [0.05, 0.1) is 15.9 Å². The lowest BCUT2D eigenvalue weighted by Crippen LogP contribution is -2.26. The van der Waals surface area contributed by atoms with Crippen LogP contribution in [0.15, 0.2) is 47.4 Å². The summed E-state index contributed by atoms with van der Waals surface area (Å²) >= 11 is 0. The van der Waals surface area contributed by atoms with Gasteiger partial charge in [-0.1, -0.05) is 18.2 Å². The number of sulfone groups is 1. The minimum absolute atomic E-state index is 0.113. The van der Waals surface area contributed by atoms with Crippen LogP contribution in [0.1, 0.15) is 34.5 Å². The van der Waals surface area contributed by atoms with E-state index in [2.05, 4.69) is 5.32 Å². The van der Waals surface area contributed by atoms with Gasteiger partial charge in [0.25, 0.3) is 11.6 Å². The molecule has 2 rings (SSSR count). The van der Waals surface area contributed by atoms with Gasteiger partial charge in [0, 0.05) is 23.4 Å². The van der Waals surface area contributed by atoms with Crippen LogP contribution in [0.4, 0.5) is 5.69 Å². The number of rotatable bonds is 5. The van der Waals surface area contributed by atoms with Crippen LogP contribution in [-0.2, 0) is 9.84 Å². The SMILES string of the molecule is Cc1ccc(C(=O)N[C@@H](C)c2ccc(S(C)(=O)=O)cc2)cc1[N+](=O)[O-]. The quantitative estimate of drug-likeness (QED) is 0.650. The number of benzene rings is 2. The molecular weight excluding hydrogens is 344 g/mol. The molecule has 0 heterocycles. The van der Waals surface area contributed by atoms with Crippen LogP contribution < -0.4 is 5.32 Å². The molecule has 1 N–H and O–H groups in total. The smallest absolute Gasteiger partial charge is 0.273 e. The standard InChI is InChI=1S/C17H18N2O5S/c1-11-4-5-14(10-16(11)19(21)22)17(20)18-12(2)13-6-8-15(9-7-13)25(3,23)24/h4-10,12H,1-3H3,(H,18,20)/t12-/m0/s1. The minimum Gasteiger partial charge on any atom is -0.346 e. The highest BCUT2D eigenvalue weighted by atomic mass is 32.2. The number of hydrogen-bond acceptors (Lipinski definition) is 5. The Morgan fingerprint density at radius 2 is 1.76 bits per heavy atom. The topological polar surface area (TPSA) is 106 Å². The van der Waals surface area contributed by atoms with Crippen molar-refractivity contribution in [3.63, 3.8) is 0 Å². The number of aryl methyl sites for hydroxylation is 1. The first-order valence-corrected chi connectivity index (χ1v) is 9.34. The minimum atomic E-state index is -3.28. The molecule has 8 heteroatoms. The number of carbonyl (C=O) groups is 1. The lowest BCUT2D eigenvalue weighted by Gasteiger charge is -2.15. The van der Waals surface area contributed by atoms with Crippen LogP contribution in [-0.4, -0.2) is 25.5 Å². The molecule has 1 amide bonds. The van der Waals surface area contributed by atoms with Crippen molar-refractivity contribution in [2.24, 2.45) is 0 Å². The van der Waals surface area contributed by atoms with E-state index < -0.39 is 20.7 Å². The van der Waals surface area contributed by atoms with E-state index in [4.69, 9.17) is 0 Å². The van der Waals surface area contributed by atoms with Crippen molar-refractivity contribution in [3.8, 4) is 0 Å². The molecule has 2 aromatic carbocycles. The van der Waals surface area contributed by atoms with Crippen molar-refractivity contribution in [1.29, 1.82) is 0 Å². The van der Waals surface area contributed by atoms with Crippen LogP contribution in [0, 0.1) is 17.0 Å². The highest BCUT2D eigenvalue weighted by molar-refractivity contribution is 7.90. The summed E-state index contributed by atoms with van der Waals surface area (Å²) in [5, 5.41) is 13.7. The number of nitrogens with zero attached hydrogens (tertiary/aromatic N) is 1. The van der Waals surface area contributed by atoms with Crippen molar-refractivity contribution in [1.82, 2.24) is 5.32 Å². The molecule has 0 aromatic heterocycles. The third-order valence-electron chi connectivity index (χ3n) is 3.82. The molecule has 1 atom stereocenters. The van der Waals surface area contributed by atoms with Crippen LogP contribution in [0.3, 0.4) is 0 Å². The van der Waals surface area contributed by atoms with Crippen LogP contribution >= 0.6 is 0 Å². The molecule has 0 bridgehead atoms. The Kier molecular flexibility index (Phi) is 5.22. The fraction of sp³-hybridized carbons (Fsp3) is 0.235. The third-order valence-corrected chi connectivity index (χ3v) is 4.95. The zero-order valence-corrected chi connectivity index (χ0v) is 14.8. The first-order chi connectivity index (χ1) is 11.6. The molecule has 7 nitrogen and oxygen atoms in total. The molecule has 0 saturated carbocycles. The molecule has 0 aliphatic rings. The van der Waals surface area contributed by atoms with E-state index in [0.717, 1.165) is 11.8 Å². The van der Waals surface area contributed by atoms with Crippen molar-refractivity contribution in [2.75, 3.05) is 6.26 Å². The summed E-state index contributed by atoms with van der Waals surface area (Å²) in [5.41, 5.74) is 1.28. The maximum atomic E-state index is 12.3.